The summed E-state index contributed by atoms with van der Waals surface area (Å²) in [5.74, 6) is -1.49. The Morgan fingerprint density at radius 3 is 2.58 bits per heavy atom. The van der Waals surface area contributed by atoms with Crippen LogP contribution in [0.25, 0.3) is 0 Å². The van der Waals surface area contributed by atoms with Gasteiger partial charge in [-0.2, -0.15) is 0 Å². The van der Waals surface area contributed by atoms with Crippen molar-refractivity contribution < 1.29 is 19.5 Å². The molecule has 2 aliphatic heterocycles. The summed E-state index contributed by atoms with van der Waals surface area (Å²) in [5.41, 5.74) is 1.54. The number of aliphatic carboxylic acids is 1. The van der Waals surface area contributed by atoms with Gasteiger partial charge in [0.1, 0.15) is 17.5 Å². The van der Waals surface area contributed by atoms with Gasteiger partial charge in [0.05, 0.1) is 0 Å². The smallest absolute Gasteiger partial charge is 0.326 e. The highest BCUT2D eigenvalue weighted by atomic mass is 32.2. The normalized spacial score (nSPS) is 24.3. The summed E-state index contributed by atoms with van der Waals surface area (Å²) >= 11 is 1.57. The number of hydrogen-bond donors (Lipinski definition) is 2. The van der Waals surface area contributed by atoms with E-state index in [1.165, 1.54) is 0 Å². The number of amides is 2. The molecule has 2 N–H and O–H groups in total. The monoisotopic (exact) mass is 376 g/mol. The molecule has 6 nitrogen and oxygen atoms in total. The fraction of sp³-hybridized carbons (Fsp3) is 0.526. The molecule has 140 valence electrons. The minimum absolute atomic E-state index is 0.132. The van der Waals surface area contributed by atoms with Crippen LogP contribution >= 0.6 is 11.8 Å². The first kappa shape index (κ1) is 18.8. The van der Waals surface area contributed by atoms with Crippen LogP contribution in [0.4, 0.5) is 0 Å². The third-order valence-corrected chi connectivity index (χ3v) is 6.40. The van der Waals surface area contributed by atoms with Crippen LogP contribution in [0.3, 0.4) is 0 Å². The fourth-order valence-electron chi connectivity index (χ4n) is 3.75. The number of nitrogens with one attached hydrogen (secondary N) is 1. The average molecular weight is 376 g/mol. The van der Waals surface area contributed by atoms with Crippen molar-refractivity contribution in [3.05, 3.63) is 35.4 Å². The van der Waals surface area contributed by atoms with Crippen molar-refractivity contribution in [3.8, 4) is 0 Å². The Morgan fingerprint density at radius 2 is 1.96 bits per heavy atom. The van der Waals surface area contributed by atoms with Crippen LogP contribution in [-0.2, 0) is 9.59 Å². The van der Waals surface area contributed by atoms with Gasteiger partial charge in [0.15, 0.2) is 0 Å². The quantitative estimate of drug-likeness (QED) is 0.825. The van der Waals surface area contributed by atoms with E-state index in [1.54, 1.807) is 22.7 Å². The highest BCUT2D eigenvalue weighted by Gasteiger charge is 2.57. The standard InChI is InChI=1S/C19H24N2O4S/c1-10(2)9-13(18(24)25)20-15(22)14-19(3,4)26-17-12-8-6-5-7-11(12)16(23)21(14)17/h5-8,10,13-14,17H,9H2,1-4H3,(H,20,22)(H,24,25)/t13-,14+,17?/m0/s1. The zero-order valence-corrected chi connectivity index (χ0v) is 16.2. The summed E-state index contributed by atoms with van der Waals surface area (Å²) in [6.07, 6.45) is 0.346. The molecule has 2 aliphatic rings. The number of fused-ring (bicyclic) bond motifs is 3. The summed E-state index contributed by atoms with van der Waals surface area (Å²) in [6, 6.07) is 5.72. The minimum Gasteiger partial charge on any atom is -0.480 e. The number of carboxylic acids is 1. The summed E-state index contributed by atoms with van der Waals surface area (Å²) in [7, 11) is 0. The van der Waals surface area contributed by atoms with E-state index in [4.69, 9.17) is 0 Å². The second-order valence-electron chi connectivity index (χ2n) is 7.80. The van der Waals surface area contributed by atoms with Gasteiger partial charge in [0.25, 0.3) is 5.91 Å². The Kier molecular flexibility index (Phi) is 4.77. The first-order chi connectivity index (χ1) is 12.1. The first-order valence-corrected chi connectivity index (χ1v) is 9.64. The molecular weight excluding hydrogens is 352 g/mol. The number of hydrogen-bond acceptors (Lipinski definition) is 4. The van der Waals surface area contributed by atoms with Crippen molar-refractivity contribution in [2.45, 2.75) is 56.3 Å². The first-order valence-electron chi connectivity index (χ1n) is 8.76. The van der Waals surface area contributed by atoms with E-state index < -0.39 is 28.7 Å². The molecule has 1 aromatic rings. The number of nitrogens with zero attached hydrogens (tertiary/aromatic N) is 1. The Balaban J connectivity index is 1.88. The SMILES string of the molecule is CC(C)C[C@H](NC(=O)[C@H]1N2C(=O)c3ccccc3C2SC1(C)C)C(=O)O. The number of carbonyl (C=O) groups excluding carboxylic acids is 2. The van der Waals surface area contributed by atoms with Crippen molar-refractivity contribution in [1.82, 2.24) is 10.2 Å². The molecule has 0 spiro atoms. The molecule has 0 aromatic heterocycles. The third kappa shape index (κ3) is 3.09. The number of carbonyl (C=O) groups is 3. The second-order valence-corrected chi connectivity index (χ2v) is 9.54. The number of benzene rings is 1. The zero-order chi connectivity index (χ0) is 19.2. The molecule has 0 aliphatic carbocycles. The van der Waals surface area contributed by atoms with E-state index in [0.717, 1.165) is 5.56 Å². The van der Waals surface area contributed by atoms with Crippen LogP contribution in [0.2, 0.25) is 0 Å². The van der Waals surface area contributed by atoms with Gasteiger partial charge in [0.2, 0.25) is 5.91 Å². The minimum atomic E-state index is -1.05. The van der Waals surface area contributed by atoms with Crippen LogP contribution < -0.4 is 5.32 Å². The summed E-state index contributed by atoms with van der Waals surface area (Å²) < 4.78 is -0.515. The molecular formula is C19H24N2O4S. The van der Waals surface area contributed by atoms with E-state index in [1.807, 2.05) is 45.9 Å². The molecule has 0 saturated carbocycles. The number of carboxylic acid groups (broad SMARTS) is 1. The van der Waals surface area contributed by atoms with Gasteiger partial charge in [0, 0.05) is 10.3 Å². The maximum absolute atomic E-state index is 13.0. The predicted octanol–water partition coefficient (Wildman–Crippen LogP) is 2.65. The van der Waals surface area contributed by atoms with E-state index in [0.29, 0.717) is 12.0 Å². The Bertz CT molecular complexity index is 762. The fourth-order valence-corrected chi connectivity index (χ4v) is 5.34. The van der Waals surface area contributed by atoms with Gasteiger partial charge in [-0.3, -0.25) is 9.59 Å². The maximum Gasteiger partial charge on any atom is 0.326 e. The zero-order valence-electron chi connectivity index (χ0n) is 15.4. The van der Waals surface area contributed by atoms with Crippen LogP contribution in [0.15, 0.2) is 24.3 Å². The van der Waals surface area contributed by atoms with Crippen LogP contribution in [-0.4, -0.2) is 44.6 Å². The van der Waals surface area contributed by atoms with Gasteiger partial charge in [-0.15, -0.1) is 11.8 Å². The van der Waals surface area contributed by atoms with Gasteiger partial charge in [-0.05, 0) is 37.8 Å². The largest absolute Gasteiger partial charge is 0.480 e. The van der Waals surface area contributed by atoms with Gasteiger partial charge >= 0.3 is 5.97 Å². The lowest BCUT2D eigenvalue weighted by Crippen LogP contribution is -2.55. The molecule has 0 radical (unpaired) electrons. The van der Waals surface area contributed by atoms with Crippen molar-refractivity contribution in [2.24, 2.45) is 5.92 Å². The number of rotatable bonds is 5. The average Bonchev–Trinajstić information content (AvgIpc) is 2.97. The molecule has 26 heavy (non-hydrogen) atoms. The van der Waals surface area contributed by atoms with Crippen LogP contribution in [0.5, 0.6) is 0 Å². The summed E-state index contributed by atoms with van der Waals surface area (Å²) in [6.45, 7) is 7.67. The van der Waals surface area contributed by atoms with Crippen molar-refractivity contribution >= 4 is 29.5 Å². The summed E-state index contributed by atoms with van der Waals surface area (Å²) in [5, 5.41) is 11.9. The molecule has 0 bridgehead atoms. The Labute approximate surface area is 157 Å². The van der Waals surface area contributed by atoms with Crippen molar-refractivity contribution in [2.75, 3.05) is 0 Å². The van der Waals surface area contributed by atoms with E-state index in [9.17, 15) is 19.5 Å². The van der Waals surface area contributed by atoms with E-state index in [-0.39, 0.29) is 17.2 Å². The highest BCUT2D eigenvalue weighted by Crippen LogP contribution is 2.56. The van der Waals surface area contributed by atoms with Gasteiger partial charge in [-0.1, -0.05) is 32.0 Å². The Hall–Kier alpha value is -2.02. The van der Waals surface area contributed by atoms with E-state index >= 15 is 0 Å². The lowest BCUT2D eigenvalue weighted by molar-refractivity contribution is -0.143. The lowest BCUT2D eigenvalue weighted by atomic mass is 9.98. The Morgan fingerprint density at radius 1 is 1.31 bits per heavy atom. The van der Waals surface area contributed by atoms with E-state index in [2.05, 4.69) is 5.32 Å². The molecule has 1 aromatic carbocycles. The maximum atomic E-state index is 13.0. The number of thioether (sulfide) groups is 1. The molecule has 1 saturated heterocycles. The second kappa shape index (κ2) is 6.61. The topological polar surface area (TPSA) is 86.7 Å². The predicted molar refractivity (Wildman–Crippen MR) is 99.8 cm³/mol. The van der Waals surface area contributed by atoms with Gasteiger partial charge in [-0.25, -0.2) is 4.79 Å². The van der Waals surface area contributed by atoms with Crippen LogP contribution in [0, 0.1) is 5.92 Å². The van der Waals surface area contributed by atoms with Gasteiger partial charge < -0.3 is 15.3 Å². The van der Waals surface area contributed by atoms with Crippen molar-refractivity contribution in [3.63, 3.8) is 0 Å². The molecule has 3 atom stereocenters. The molecule has 3 rings (SSSR count). The summed E-state index contributed by atoms with van der Waals surface area (Å²) in [4.78, 5) is 39.0. The molecule has 1 fully saturated rings. The molecule has 1 unspecified atom stereocenters. The molecule has 2 heterocycles. The highest BCUT2D eigenvalue weighted by molar-refractivity contribution is 8.01. The molecule has 2 amide bonds. The van der Waals surface area contributed by atoms with Crippen LogP contribution in [0.1, 0.15) is 55.4 Å². The lowest BCUT2D eigenvalue weighted by Gasteiger charge is -2.30. The molecule has 7 heteroatoms. The van der Waals surface area contributed by atoms with Crippen molar-refractivity contribution in [1.29, 1.82) is 0 Å². The third-order valence-electron chi connectivity index (χ3n) is 4.87.